The van der Waals surface area contributed by atoms with Gasteiger partial charge in [-0.05, 0) is 48.5 Å². The molecule has 0 saturated carbocycles. The first-order chi connectivity index (χ1) is 34.2. The molecule has 0 unspecified atom stereocenters. The molecule has 0 radical (unpaired) electrons. The maximum atomic E-state index is 12.5. The van der Waals surface area contributed by atoms with Crippen LogP contribution >= 0.6 is 11.3 Å². The first-order valence-corrected chi connectivity index (χ1v) is 23.9. The Labute approximate surface area is 398 Å². The second-order valence-corrected chi connectivity index (χ2v) is 18.8. The Bertz CT molecular complexity index is 4660. The molecule has 0 bridgehead atoms. The molecule has 6 nitrogen and oxygen atoms in total. The third-order valence-corrected chi connectivity index (χ3v) is 15.6. The largest absolute Gasteiger partial charge is 0.317 e. The molecule has 0 aliphatic heterocycles. The second kappa shape index (κ2) is 14.1. The summed E-state index contributed by atoms with van der Waals surface area (Å²) in [6, 6.07) is 75.3. The van der Waals surface area contributed by atoms with Gasteiger partial charge in [-0.3, -0.25) is 0 Å². The van der Waals surface area contributed by atoms with Gasteiger partial charge in [0.1, 0.15) is 11.6 Å². The highest BCUT2D eigenvalue weighted by molar-refractivity contribution is 7.26. The third-order valence-electron chi connectivity index (χ3n) is 14.4. The topological polar surface area (TPSA) is 47.9 Å². The number of fused-ring (bicyclic) bond motifs is 16. The lowest BCUT2D eigenvalue weighted by atomic mass is 10.0. The Kier molecular flexibility index (Phi) is 7.70. The average Bonchev–Trinajstić information content (AvgIpc) is 4.21. The molecule has 10 aromatic carbocycles. The molecule has 7 heteroatoms. The fraction of sp³-hybridized carbons (Fsp3) is 0. The summed E-state index contributed by atoms with van der Waals surface area (Å²) in [6.45, 7) is 9.84. The highest BCUT2D eigenvalue weighted by atomic mass is 32.1. The van der Waals surface area contributed by atoms with Crippen LogP contribution in [0.4, 0.5) is 5.69 Å². The second-order valence-electron chi connectivity index (χ2n) is 17.7. The van der Waals surface area contributed by atoms with E-state index >= 15 is 0 Å². The van der Waals surface area contributed by atoms with Crippen LogP contribution in [0, 0.1) is 17.9 Å². The zero-order valence-electron chi connectivity index (χ0n) is 36.7. The number of hydrogen-bond acceptors (Lipinski definition) is 2. The van der Waals surface area contributed by atoms with Gasteiger partial charge in [-0.1, -0.05) is 158 Å². The van der Waals surface area contributed by atoms with Gasteiger partial charge in [-0.15, -0.1) is 11.3 Å². The van der Waals surface area contributed by atoms with Crippen LogP contribution in [0.5, 0.6) is 0 Å². The molecular weight excluding hydrogens is 861 g/mol. The molecule has 0 aliphatic rings. The number of rotatable bonds is 4. The number of nitrogens with zero attached hydrogens (tertiary/aromatic N) is 6. The number of aromatic nitrogens is 4. The Morgan fingerprint density at radius 3 is 1.07 bits per heavy atom. The molecular formula is C62H34N6S. The lowest BCUT2D eigenvalue weighted by Gasteiger charge is -2.27. The zero-order chi connectivity index (χ0) is 45.5. The molecule has 318 valence electrons. The van der Waals surface area contributed by atoms with Gasteiger partial charge in [0, 0.05) is 58.6 Å². The first-order valence-electron chi connectivity index (χ1n) is 23.0. The van der Waals surface area contributed by atoms with Crippen LogP contribution < -0.4 is 0 Å². The molecule has 15 rings (SSSR count). The van der Waals surface area contributed by atoms with E-state index in [4.69, 9.17) is 4.85 Å². The van der Waals surface area contributed by atoms with Gasteiger partial charge in [0.25, 0.3) is 0 Å². The van der Waals surface area contributed by atoms with Gasteiger partial charge in [-0.25, -0.2) is 4.85 Å². The van der Waals surface area contributed by atoms with Crippen molar-refractivity contribution in [1.82, 2.24) is 18.3 Å². The van der Waals surface area contributed by atoms with Gasteiger partial charge in [-0.2, -0.15) is 5.26 Å². The minimum atomic E-state index is 0.426. The van der Waals surface area contributed by atoms with E-state index in [-0.39, 0.29) is 0 Å². The summed E-state index contributed by atoms with van der Waals surface area (Å²) in [7, 11) is 0. The van der Waals surface area contributed by atoms with Crippen molar-refractivity contribution >= 4 is 124 Å². The number of benzene rings is 10. The molecule has 69 heavy (non-hydrogen) atoms. The summed E-state index contributed by atoms with van der Waals surface area (Å²) >= 11 is 1.78. The van der Waals surface area contributed by atoms with E-state index in [9.17, 15) is 11.8 Å². The van der Waals surface area contributed by atoms with E-state index in [1.165, 1.54) is 10.1 Å². The van der Waals surface area contributed by atoms with E-state index in [0.29, 0.717) is 34.0 Å². The van der Waals surface area contributed by atoms with E-state index < -0.39 is 0 Å². The smallest absolute Gasteiger partial charge is 0.238 e. The Morgan fingerprint density at radius 1 is 0.348 bits per heavy atom. The minimum absolute atomic E-state index is 0.426. The highest BCUT2D eigenvalue weighted by Gasteiger charge is 2.35. The Morgan fingerprint density at radius 2 is 0.667 bits per heavy atom. The summed E-state index contributed by atoms with van der Waals surface area (Å²) < 4.78 is 11.4. The third kappa shape index (κ3) is 4.91. The van der Waals surface area contributed by atoms with Crippen LogP contribution in [-0.2, 0) is 0 Å². The van der Waals surface area contributed by atoms with Crippen LogP contribution in [0.1, 0.15) is 5.56 Å². The van der Waals surface area contributed by atoms with Gasteiger partial charge in [0.05, 0.1) is 78.2 Å². The lowest BCUT2D eigenvalue weighted by molar-refractivity contribution is 1.04. The molecule has 0 saturated heterocycles. The number of nitriles is 1. The lowest BCUT2D eigenvalue weighted by Crippen LogP contribution is -2.14. The van der Waals surface area contributed by atoms with E-state index in [1.54, 1.807) is 11.3 Å². The zero-order valence-corrected chi connectivity index (χ0v) is 37.5. The normalized spacial score (nSPS) is 12.0. The summed E-state index contributed by atoms with van der Waals surface area (Å²) in [4.78, 5) is 4.84. The fourth-order valence-corrected chi connectivity index (χ4v) is 13.0. The standard InChI is InChI=1S/C62H34N6S/c1-64-56-60(67-52-30-14-6-22-41(52)42-23-7-15-31-53(42)67)57(65-48-26-10-2-18-37(48)38-19-3-11-27-49(38)65)47(36-63)58(66-50-28-12-4-20-39(50)40-21-5-13-29-51(40)66)61(56)68-54-32-16-8-24-43(54)45-34-35-46-44-25-9-17-33-55(44)69-62(46)59(45)68/h2-35H. The summed E-state index contributed by atoms with van der Waals surface area (Å²) in [6.07, 6.45) is 0. The van der Waals surface area contributed by atoms with Gasteiger partial charge < -0.3 is 18.3 Å². The Hall–Kier alpha value is -9.40. The van der Waals surface area contributed by atoms with Crippen LogP contribution in [0.25, 0.3) is 135 Å². The van der Waals surface area contributed by atoms with Gasteiger partial charge in [0.15, 0.2) is 0 Å². The van der Waals surface area contributed by atoms with Crippen molar-refractivity contribution in [3.63, 3.8) is 0 Å². The van der Waals surface area contributed by atoms with Gasteiger partial charge >= 0.3 is 0 Å². The van der Waals surface area contributed by atoms with Crippen molar-refractivity contribution < 1.29 is 0 Å². The van der Waals surface area contributed by atoms with E-state index in [2.05, 4.69) is 231 Å². The number of para-hydroxylation sites is 7. The predicted molar refractivity (Wildman–Crippen MR) is 288 cm³/mol. The van der Waals surface area contributed by atoms with Crippen LogP contribution in [-0.4, -0.2) is 18.3 Å². The molecule has 0 spiro atoms. The molecule has 15 aromatic rings. The molecule has 0 atom stereocenters. The van der Waals surface area contributed by atoms with Crippen molar-refractivity contribution in [3.05, 3.63) is 223 Å². The molecule has 0 aliphatic carbocycles. The van der Waals surface area contributed by atoms with Crippen molar-refractivity contribution in [2.75, 3.05) is 0 Å². The molecule has 5 aromatic heterocycles. The average molecular weight is 895 g/mol. The predicted octanol–water partition coefficient (Wildman–Crippen LogP) is 16.9. The van der Waals surface area contributed by atoms with Gasteiger partial charge in [0.2, 0.25) is 5.69 Å². The van der Waals surface area contributed by atoms with Crippen molar-refractivity contribution in [2.45, 2.75) is 0 Å². The minimum Gasteiger partial charge on any atom is -0.317 e. The highest BCUT2D eigenvalue weighted by Crippen LogP contribution is 2.53. The SMILES string of the molecule is [C-]#[N+]c1c(-n2c3ccccc3c3ccccc32)c(-n2c3ccccc3c3ccccc32)c(C#N)c(-n2c3ccccc3c3ccccc32)c1-n1c2ccccc2c2ccc3c4ccccc4sc3c21. The molecule has 5 heterocycles. The summed E-state index contributed by atoms with van der Waals surface area (Å²) in [5.41, 5.74) is 11.0. The molecule has 0 fully saturated rings. The summed E-state index contributed by atoms with van der Waals surface area (Å²) in [5.74, 6) is 0. The monoisotopic (exact) mass is 894 g/mol. The quantitative estimate of drug-likeness (QED) is 0.162. The van der Waals surface area contributed by atoms with Crippen LogP contribution in [0.3, 0.4) is 0 Å². The van der Waals surface area contributed by atoms with E-state index in [1.807, 2.05) is 0 Å². The molecule has 0 N–H and O–H groups in total. The molecule has 0 amide bonds. The maximum Gasteiger partial charge on any atom is 0.238 e. The van der Waals surface area contributed by atoms with Crippen molar-refractivity contribution in [3.8, 4) is 28.8 Å². The number of thiophene rings is 1. The summed E-state index contributed by atoms with van der Waals surface area (Å²) in [5, 5.41) is 23.4. The van der Waals surface area contributed by atoms with Crippen molar-refractivity contribution in [1.29, 1.82) is 5.26 Å². The van der Waals surface area contributed by atoms with E-state index in [0.717, 1.165) is 97.3 Å². The maximum absolute atomic E-state index is 12.5. The first kappa shape index (κ1) is 37.8. The fourth-order valence-electron chi connectivity index (χ4n) is 11.7. The van der Waals surface area contributed by atoms with Crippen molar-refractivity contribution in [2.24, 2.45) is 0 Å². The Balaban J connectivity index is 1.29. The van der Waals surface area contributed by atoms with Crippen LogP contribution in [0.15, 0.2) is 206 Å². The number of hydrogen-bond donors (Lipinski definition) is 0. The van der Waals surface area contributed by atoms with Crippen LogP contribution in [0.2, 0.25) is 0 Å².